The molecular weight excluding hydrogens is 467 g/mol. The molecule has 9 nitrogen and oxygen atoms in total. The number of carboxylic acid groups (broad SMARTS) is 1. The van der Waals surface area contributed by atoms with Crippen molar-refractivity contribution in [2.75, 3.05) is 31.1 Å². The van der Waals surface area contributed by atoms with E-state index in [2.05, 4.69) is 11.0 Å². The lowest BCUT2D eigenvalue weighted by Gasteiger charge is -2.35. The van der Waals surface area contributed by atoms with Crippen LogP contribution in [-0.2, 0) is 9.53 Å². The van der Waals surface area contributed by atoms with Gasteiger partial charge in [-0.05, 0) is 44.6 Å². The number of carbonyl (C=O) groups excluding carboxylic acids is 1. The molecule has 10 heteroatoms. The molecule has 2 saturated heterocycles. The van der Waals surface area contributed by atoms with Crippen LogP contribution in [-0.4, -0.2) is 58.8 Å². The molecule has 2 aromatic rings. The zero-order valence-corrected chi connectivity index (χ0v) is 19.9. The number of hydrogen-bond donors (Lipinski definition) is 1. The number of benzene rings is 1. The van der Waals surface area contributed by atoms with E-state index in [1.54, 1.807) is 17.7 Å². The molecule has 3 heterocycles. The molecule has 2 unspecified atom stereocenters. The fraction of sp³-hybridized carbons (Fsp3) is 0.462. The number of nitrogens with zero attached hydrogens (tertiary/aromatic N) is 4. The third-order valence-corrected chi connectivity index (χ3v) is 7.35. The molecule has 0 bridgehead atoms. The number of halogens is 1. The minimum Gasteiger partial charge on any atom is -0.477 e. The van der Waals surface area contributed by atoms with Gasteiger partial charge in [0.1, 0.15) is 23.0 Å². The number of ether oxygens (including phenoxy) is 1. The van der Waals surface area contributed by atoms with Gasteiger partial charge in [0.15, 0.2) is 0 Å². The van der Waals surface area contributed by atoms with Crippen molar-refractivity contribution in [3.8, 4) is 6.07 Å². The van der Waals surface area contributed by atoms with Crippen LogP contribution < -0.4 is 10.3 Å². The first-order valence-electron chi connectivity index (χ1n) is 12.2. The number of aromatic nitrogens is 1. The molecule has 36 heavy (non-hydrogen) atoms. The van der Waals surface area contributed by atoms with Crippen LogP contribution in [0.15, 0.2) is 29.3 Å². The van der Waals surface area contributed by atoms with Crippen molar-refractivity contribution >= 4 is 28.5 Å². The Morgan fingerprint density at radius 1 is 1.31 bits per heavy atom. The topological polar surface area (TPSA) is 116 Å². The van der Waals surface area contributed by atoms with E-state index in [-0.39, 0.29) is 34.6 Å². The van der Waals surface area contributed by atoms with Crippen LogP contribution in [0.1, 0.15) is 54.6 Å². The zero-order chi connectivity index (χ0) is 25.6. The molecule has 0 radical (unpaired) electrons. The highest BCUT2D eigenvalue weighted by atomic mass is 19.1. The van der Waals surface area contributed by atoms with Crippen molar-refractivity contribution in [3.63, 3.8) is 0 Å². The maximum absolute atomic E-state index is 15.6. The van der Waals surface area contributed by atoms with Gasteiger partial charge in [-0.1, -0.05) is 0 Å². The predicted octanol–water partition coefficient (Wildman–Crippen LogP) is 3.02. The van der Waals surface area contributed by atoms with Crippen LogP contribution in [0.25, 0.3) is 10.9 Å². The number of anilines is 1. The average Bonchev–Trinajstić information content (AvgIpc) is 3.60. The summed E-state index contributed by atoms with van der Waals surface area (Å²) in [5.41, 5.74) is -0.729. The van der Waals surface area contributed by atoms with Gasteiger partial charge < -0.3 is 24.2 Å². The Morgan fingerprint density at radius 2 is 2.08 bits per heavy atom. The molecule has 5 rings (SSSR count). The summed E-state index contributed by atoms with van der Waals surface area (Å²) in [6, 6.07) is 3.21. The van der Waals surface area contributed by atoms with Crippen molar-refractivity contribution in [1.82, 2.24) is 9.47 Å². The Hall–Kier alpha value is -3.87. The van der Waals surface area contributed by atoms with Crippen molar-refractivity contribution in [2.45, 2.75) is 44.7 Å². The van der Waals surface area contributed by atoms with Crippen molar-refractivity contribution < 1.29 is 23.8 Å². The van der Waals surface area contributed by atoms with Gasteiger partial charge in [0, 0.05) is 44.1 Å². The number of nitriles is 1. The predicted molar refractivity (Wildman–Crippen MR) is 129 cm³/mol. The SMILES string of the molecule is CCOC(=O)/C=C/N1CCCC2CN(c3c(F)cc4c(=O)c(C(=O)O)cn(C5CC5)c4c3C#N)CC21. The second-order valence-corrected chi connectivity index (χ2v) is 9.59. The number of esters is 1. The number of likely N-dealkylation sites (tertiary alicyclic amines) is 1. The number of aromatic carboxylic acids is 1. The lowest BCUT2D eigenvalue weighted by atomic mass is 9.92. The molecule has 3 fully saturated rings. The van der Waals surface area contributed by atoms with E-state index < -0.39 is 28.7 Å². The summed E-state index contributed by atoms with van der Waals surface area (Å²) < 4.78 is 22.3. The van der Waals surface area contributed by atoms with Crippen molar-refractivity contribution in [2.24, 2.45) is 5.92 Å². The minimum absolute atomic E-state index is 0.0266. The smallest absolute Gasteiger partial charge is 0.341 e. The molecule has 0 amide bonds. The Labute approximate surface area is 207 Å². The third kappa shape index (κ3) is 4.08. The first-order chi connectivity index (χ1) is 17.3. The largest absolute Gasteiger partial charge is 0.477 e. The van der Waals surface area contributed by atoms with E-state index in [4.69, 9.17) is 4.74 Å². The number of fused-ring (bicyclic) bond motifs is 2. The zero-order valence-electron chi connectivity index (χ0n) is 19.9. The monoisotopic (exact) mass is 494 g/mol. The standard InChI is InChI=1S/C26H27FN4O5/c1-2-36-22(32)7-9-29-8-3-4-15-12-30(14-21(15)29)24-18(11-28)23-17(10-20(24)27)25(33)19(26(34)35)13-31(23)16-5-6-16/h7,9-10,13,15-16,21H,2-6,8,12,14H2,1H3,(H,34,35)/b9-7+. The Kier molecular flexibility index (Phi) is 6.16. The Morgan fingerprint density at radius 3 is 2.75 bits per heavy atom. The first kappa shape index (κ1) is 23.9. The summed E-state index contributed by atoms with van der Waals surface area (Å²) in [6.07, 6.45) is 7.88. The highest BCUT2D eigenvalue weighted by Crippen LogP contribution is 2.42. The lowest BCUT2D eigenvalue weighted by Crippen LogP contribution is -2.41. The van der Waals surface area contributed by atoms with Gasteiger partial charge in [0.25, 0.3) is 0 Å². The second kappa shape index (κ2) is 9.30. The van der Waals surface area contributed by atoms with E-state index in [1.165, 1.54) is 12.3 Å². The highest BCUT2D eigenvalue weighted by Gasteiger charge is 2.40. The summed E-state index contributed by atoms with van der Waals surface area (Å²) in [5, 5.41) is 19.6. The van der Waals surface area contributed by atoms with E-state index in [1.807, 2.05) is 4.90 Å². The molecule has 188 valence electrons. The van der Waals surface area contributed by atoms with E-state index in [0.717, 1.165) is 38.3 Å². The Bertz CT molecular complexity index is 1370. The van der Waals surface area contributed by atoms with E-state index in [0.29, 0.717) is 25.2 Å². The van der Waals surface area contributed by atoms with Gasteiger partial charge in [0.2, 0.25) is 5.43 Å². The number of carboxylic acids is 1. The van der Waals surface area contributed by atoms with E-state index in [9.17, 15) is 24.8 Å². The molecule has 0 spiro atoms. The molecular formula is C26H27FN4O5. The second-order valence-electron chi connectivity index (χ2n) is 9.59. The van der Waals surface area contributed by atoms with Gasteiger partial charge in [-0.25, -0.2) is 14.0 Å². The van der Waals surface area contributed by atoms with Gasteiger partial charge in [-0.2, -0.15) is 5.26 Å². The summed E-state index contributed by atoms with van der Waals surface area (Å²) in [7, 11) is 0. The number of pyridine rings is 1. The Balaban J connectivity index is 1.57. The van der Waals surface area contributed by atoms with Crippen LogP contribution in [0.4, 0.5) is 10.1 Å². The number of carbonyl (C=O) groups is 2. The quantitative estimate of drug-likeness (QED) is 0.481. The minimum atomic E-state index is -1.38. The average molecular weight is 495 g/mol. The van der Waals surface area contributed by atoms with Crippen molar-refractivity contribution in [3.05, 3.63) is 51.7 Å². The van der Waals surface area contributed by atoms with Crippen LogP contribution in [0, 0.1) is 23.1 Å². The fourth-order valence-corrected chi connectivity index (χ4v) is 5.62. The van der Waals surface area contributed by atoms with Gasteiger partial charge in [0.05, 0.1) is 29.2 Å². The first-order valence-corrected chi connectivity index (χ1v) is 12.2. The summed E-state index contributed by atoms with van der Waals surface area (Å²) in [4.78, 5) is 40.3. The molecule has 1 aromatic carbocycles. The number of hydrogen-bond acceptors (Lipinski definition) is 7. The molecule has 2 atom stereocenters. The number of piperidine rings is 1. The molecule has 2 aliphatic heterocycles. The van der Waals surface area contributed by atoms with Crippen LogP contribution >= 0.6 is 0 Å². The number of rotatable bonds is 6. The van der Waals surface area contributed by atoms with Crippen LogP contribution in [0.5, 0.6) is 0 Å². The molecule has 3 aliphatic rings. The van der Waals surface area contributed by atoms with Gasteiger partial charge in [-0.15, -0.1) is 0 Å². The summed E-state index contributed by atoms with van der Waals surface area (Å²) in [6.45, 7) is 3.78. The molecule has 1 N–H and O–H groups in total. The van der Waals surface area contributed by atoms with Gasteiger partial charge in [-0.3, -0.25) is 4.79 Å². The molecule has 1 aliphatic carbocycles. The third-order valence-electron chi connectivity index (χ3n) is 7.35. The van der Waals surface area contributed by atoms with Crippen LogP contribution in [0.3, 0.4) is 0 Å². The normalized spacial score (nSPS) is 21.6. The summed E-state index contributed by atoms with van der Waals surface area (Å²) >= 11 is 0. The van der Waals surface area contributed by atoms with Crippen molar-refractivity contribution in [1.29, 1.82) is 5.26 Å². The maximum Gasteiger partial charge on any atom is 0.341 e. The highest BCUT2D eigenvalue weighted by molar-refractivity contribution is 5.96. The fourth-order valence-electron chi connectivity index (χ4n) is 5.62. The van der Waals surface area contributed by atoms with Gasteiger partial charge >= 0.3 is 11.9 Å². The molecule has 1 aromatic heterocycles. The lowest BCUT2D eigenvalue weighted by molar-refractivity contribution is -0.137. The van der Waals surface area contributed by atoms with E-state index >= 15 is 4.39 Å². The van der Waals surface area contributed by atoms with Crippen LogP contribution in [0.2, 0.25) is 0 Å². The molecule has 1 saturated carbocycles. The summed E-state index contributed by atoms with van der Waals surface area (Å²) in [5.74, 6) is -2.29. The maximum atomic E-state index is 15.6.